The number of rotatable bonds is 4. The fraction of sp³-hybridized carbons (Fsp3) is 0.105. The number of anilines is 1. The molecule has 146 valence electrons. The molecule has 3 rings (SSSR count). The maximum Gasteiger partial charge on any atom is 0.416 e. The van der Waals surface area contributed by atoms with Gasteiger partial charge < -0.3 is 0 Å². The predicted molar refractivity (Wildman–Crippen MR) is 96.6 cm³/mol. The molecule has 2 aromatic carbocycles. The highest BCUT2D eigenvalue weighted by Crippen LogP contribution is 2.31. The van der Waals surface area contributed by atoms with Gasteiger partial charge in [0.05, 0.1) is 10.5 Å². The van der Waals surface area contributed by atoms with Crippen molar-refractivity contribution in [3.8, 4) is 11.1 Å². The van der Waals surface area contributed by atoms with E-state index in [9.17, 15) is 26.0 Å². The zero-order valence-electron chi connectivity index (χ0n) is 14.5. The van der Waals surface area contributed by atoms with Crippen LogP contribution in [0.1, 0.15) is 11.3 Å². The lowest BCUT2D eigenvalue weighted by Crippen LogP contribution is -2.15. The standard InChI is InChI=1S/C19H14F4N2O2S/c1-12-15(16-7-2-3-8-17(16)20)9-10-18(24-12)25-28(26,27)14-6-4-5-13(11-14)19(21,22)23/h2-11H,1H3,(H,24,25). The molecular weight excluding hydrogens is 396 g/mol. The molecule has 1 N–H and O–H groups in total. The number of halogens is 4. The molecule has 0 bridgehead atoms. The van der Waals surface area contributed by atoms with E-state index in [1.165, 1.54) is 18.2 Å². The second-order valence-electron chi connectivity index (χ2n) is 5.94. The minimum atomic E-state index is -4.66. The Morgan fingerprint density at radius 3 is 2.29 bits per heavy atom. The van der Waals surface area contributed by atoms with Crippen LogP contribution in [0, 0.1) is 12.7 Å². The van der Waals surface area contributed by atoms with Gasteiger partial charge in [0.2, 0.25) is 0 Å². The Kier molecular flexibility index (Phi) is 5.12. The first-order valence-corrected chi connectivity index (χ1v) is 9.49. The molecule has 0 atom stereocenters. The fourth-order valence-electron chi connectivity index (χ4n) is 2.62. The van der Waals surface area contributed by atoms with Crippen molar-refractivity contribution in [1.82, 2.24) is 4.98 Å². The van der Waals surface area contributed by atoms with Crippen LogP contribution in [0.4, 0.5) is 23.4 Å². The molecule has 0 saturated heterocycles. The molecule has 1 heterocycles. The normalized spacial score (nSPS) is 12.0. The number of pyridine rings is 1. The van der Waals surface area contributed by atoms with Gasteiger partial charge in [0, 0.05) is 16.8 Å². The number of hydrogen-bond donors (Lipinski definition) is 1. The highest BCUT2D eigenvalue weighted by Gasteiger charge is 2.31. The topological polar surface area (TPSA) is 59.1 Å². The zero-order chi connectivity index (χ0) is 20.5. The van der Waals surface area contributed by atoms with Crippen molar-refractivity contribution in [3.05, 3.63) is 77.7 Å². The van der Waals surface area contributed by atoms with Gasteiger partial charge in [-0.1, -0.05) is 24.3 Å². The lowest BCUT2D eigenvalue weighted by atomic mass is 10.0. The van der Waals surface area contributed by atoms with E-state index < -0.39 is 32.5 Å². The van der Waals surface area contributed by atoms with Crippen molar-refractivity contribution in [2.45, 2.75) is 18.0 Å². The van der Waals surface area contributed by atoms with E-state index >= 15 is 0 Å². The van der Waals surface area contributed by atoms with Crippen LogP contribution >= 0.6 is 0 Å². The summed E-state index contributed by atoms with van der Waals surface area (Å²) in [4.78, 5) is 3.55. The minimum Gasteiger partial charge on any atom is -0.263 e. The largest absolute Gasteiger partial charge is 0.416 e. The van der Waals surface area contributed by atoms with Crippen LogP contribution in [0.15, 0.2) is 65.6 Å². The third-order valence-electron chi connectivity index (χ3n) is 3.96. The van der Waals surface area contributed by atoms with E-state index in [0.29, 0.717) is 22.9 Å². The van der Waals surface area contributed by atoms with Gasteiger partial charge >= 0.3 is 6.18 Å². The van der Waals surface area contributed by atoms with E-state index in [1.54, 1.807) is 25.1 Å². The van der Waals surface area contributed by atoms with Crippen LogP contribution in [0.3, 0.4) is 0 Å². The summed E-state index contributed by atoms with van der Waals surface area (Å²) >= 11 is 0. The molecule has 0 aliphatic heterocycles. The number of hydrogen-bond acceptors (Lipinski definition) is 3. The molecular formula is C19H14F4N2O2S. The average molecular weight is 410 g/mol. The first-order chi connectivity index (χ1) is 13.1. The molecule has 0 amide bonds. The monoisotopic (exact) mass is 410 g/mol. The lowest BCUT2D eigenvalue weighted by molar-refractivity contribution is -0.137. The summed E-state index contributed by atoms with van der Waals surface area (Å²) < 4.78 is 79.4. The summed E-state index contributed by atoms with van der Waals surface area (Å²) in [5.74, 6) is -0.542. The first kappa shape index (κ1) is 19.8. The van der Waals surface area contributed by atoms with Gasteiger partial charge in [0.25, 0.3) is 10.0 Å². The predicted octanol–water partition coefficient (Wildman–Crippen LogP) is 5.02. The molecule has 0 saturated carbocycles. The summed E-state index contributed by atoms with van der Waals surface area (Å²) in [6.07, 6.45) is -4.66. The lowest BCUT2D eigenvalue weighted by Gasteiger charge is -2.12. The molecule has 4 nitrogen and oxygen atoms in total. The summed E-state index contributed by atoms with van der Waals surface area (Å²) in [5.41, 5.74) is 0.0589. The second kappa shape index (κ2) is 7.23. The van der Waals surface area contributed by atoms with Crippen LogP contribution in [0.2, 0.25) is 0 Å². The smallest absolute Gasteiger partial charge is 0.263 e. The zero-order valence-corrected chi connectivity index (χ0v) is 15.3. The summed E-state index contributed by atoms with van der Waals surface area (Å²) in [6, 6.07) is 12.2. The number of aromatic nitrogens is 1. The van der Waals surface area contributed by atoms with Crippen molar-refractivity contribution in [2.24, 2.45) is 0 Å². The Bertz CT molecular complexity index is 1130. The van der Waals surface area contributed by atoms with Crippen molar-refractivity contribution in [2.75, 3.05) is 4.72 Å². The molecule has 0 unspecified atom stereocenters. The molecule has 3 aromatic rings. The molecule has 0 aliphatic rings. The Hall–Kier alpha value is -2.94. The van der Waals surface area contributed by atoms with E-state index in [0.717, 1.165) is 18.2 Å². The number of benzene rings is 2. The van der Waals surface area contributed by atoms with E-state index in [-0.39, 0.29) is 5.82 Å². The Morgan fingerprint density at radius 2 is 1.64 bits per heavy atom. The fourth-order valence-corrected chi connectivity index (χ4v) is 3.67. The average Bonchev–Trinajstić information content (AvgIpc) is 2.62. The quantitative estimate of drug-likeness (QED) is 0.615. The van der Waals surface area contributed by atoms with E-state index in [1.807, 2.05) is 0 Å². The summed E-state index contributed by atoms with van der Waals surface area (Å²) in [7, 11) is -4.29. The third kappa shape index (κ3) is 4.14. The summed E-state index contributed by atoms with van der Waals surface area (Å²) in [5, 5.41) is 0. The van der Waals surface area contributed by atoms with Crippen molar-refractivity contribution < 1.29 is 26.0 Å². The van der Waals surface area contributed by atoms with Crippen molar-refractivity contribution in [1.29, 1.82) is 0 Å². The van der Waals surface area contributed by atoms with Crippen LogP contribution in [0.25, 0.3) is 11.1 Å². The van der Waals surface area contributed by atoms with Crippen LogP contribution in [-0.2, 0) is 16.2 Å². The molecule has 1 aromatic heterocycles. The van der Waals surface area contributed by atoms with Gasteiger partial charge in [-0.25, -0.2) is 17.8 Å². The maximum atomic E-state index is 14.0. The number of aryl methyl sites for hydroxylation is 1. The molecule has 0 spiro atoms. The number of alkyl halides is 3. The minimum absolute atomic E-state index is 0.0880. The number of sulfonamides is 1. The van der Waals surface area contributed by atoms with E-state index in [4.69, 9.17) is 0 Å². The van der Waals surface area contributed by atoms with Crippen LogP contribution in [-0.4, -0.2) is 13.4 Å². The van der Waals surface area contributed by atoms with E-state index in [2.05, 4.69) is 9.71 Å². The molecule has 0 fully saturated rings. The van der Waals surface area contributed by atoms with Crippen LogP contribution in [0.5, 0.6) is 0 Å². The molecule has 28 heavy (non-hydrogen) atoms. The van der Waals surface area contributed by atoms with Gasteiger partial charge in [-0.05, 0) is 43.3 Å². The molecule has 9 heteroatoms. The molecule has 0 aliphatic carbocycles. The van der Waals surface area contributed by atoms with Crippen LogP contribution < -0.4 is 4.72 Å². The van der Waals surface area contributed by atoms with Crippen molar-refractivity contribution in [3.63, 3.8) is 0 Å². The molecule has 0 radical (unpaired) electrons. The Labute approximate surface area is 158 Å². The maximum absolute atomic E-state index is 14.0. The Balaban J connectivity index is 1.92. The van der Waals surface area contributed by atoms with Gasteiger partial charge in [0.15, 0.2) is 0 Å². The second-order valence-corrected chi connectivity index (χ2v) is 7.62. The SMILES string of the molecule is Cc1nc(NS(=O)(=O)c2cccc(C(F)(F)F)c2)ccc1-c1ccccc1F. The highest BCUT2D eigenvalue weighted by molar-refractivity contribution is 7.92. The van der Waals surface area contributed by atoms with Gasteiger partial charge in [0.1, 0.15) is 11.6 Å². The summed E-state index contributed by atoms with van der Waals surface area (Å²) in [6.45, 7) is 1.57. The van der Waals surface area contributed by atoms with Gasteiger partial charge in [-0.3, -0.25) is 4.72 Å². The highest BCUT2D eigenvalue weighted by atomic mass is 32.2. The number of nitrogens with zero attached hydrogens (tertiary/aromatic N) is 1. The third-order valence-corrected chi connectivity index (χ3v) is 5.31. The van der Waals surface area contributed by atoms with Gasteiger partial charge in [-0.2, -0.15) is 13.2 Å². The Morgan fingerprint density at radius 1 is 0.929 bits per heavy atom. The van der Waals surface area contributed by atoms with Crippen molar-refractivity contribution >= 4 is 15.8 Å². The number of nitrogens with one attached hydrogen (secondary N) is 1. The van der Waals surface area contributed by atoms with Gasteiger partial charge in [-0.15, -0.1) is 0 Å². The first-order valence-electron chi connectivity index (χ1n) is 8.00.